The Morgan fingerprint density at radius 3 is 2.52 bits per heavy atom. The average molecular weight is 367 g/mol. The minimum absolute atomic E-state index is 0.0976. The molecule has 3 amide bonds. The molecule has 1 fully saturated rings. The Hall–Kier alpha value is -1.92. The maximum atomic E-state index is 12.4. The summed E-state index contributed by atoms with van der Waals surface area (Å²) in [5, 5.41) is 9.04. The Morgan fingerprint density at radius 1 is 1.16 bits per heavy atom. The number of unbranched alkanes of at least 4 members (excludes halogenated alkanes) is 3. The smallest absolute Gasteiger partial charge is 0.243 e. The summed E-state index contributed by atoms with van der Waals surface area (Å²) < 4.78 is 0. The highest BCUT2D eigenvalue weighted by Gasteiger charge is 2.37. The van der Waals surface area contributed by atoms with E-state index in [9.17, 15) is 14.4 Å². The fraction of sp³-hybridized carbons (Fsp3) is 0.500. The molecule has 1 aliphatic rings. The number of halogens is 1. The van der Waals surface area contributed by atoms with Gasteiger partial charge in [0.1, 0.15) is 0 Å². The molecule has 1 aromatic rings. The fourth-order valence-corrected chi connectivity index (χ4v) is 3.14. The monoisotopic (exact) mass is 366 g/mol. The molecular weight excluding hydrogens is 344 g/mol. The molecule has 7 heteroatoms. The zero-order valence-corrected chi connectivity index (χ0v) is 14.8. The highest BCUT2D eigenvalue weighted by atomic mass is 35.5. The first-order chi connectivity index (χ1) is 12.0. The van der Waals surface area contributed by atoms with Gasteiger partial charge in [0.15, 0.2) is 0 Å². The van der Waals surface area contributed by atoms with Crippen LogP contribution in [0.3, 0.4) is 0 Å². The minimum Gasteiger partial charge on any atom is -0.289 e. The summed E-state index contributed by atoms with van der Waals surface area (Å²) >= 11 is 5.86. The maximum Gasteiger partial charge on any atom is 0.243 e. The van der Waals surface area contributed by atoms with E-state index < -0.39 is 5.91 Å². The summed E-state index contributed by atoms with van der Waals surface area (Å²) in [5.74, 6) is -0.889. The molecule has 0 aliphatic carbocycles. The molecule has 25 heavy (non-hydrogen) atoms. The fourth-order valence-electron chi connectivity index (χ4n) is 3.02. The Kier molecular flexibility index (Phi) is 7.40. The number of imide groups is 1. The molecule has 1 aromatic carbocycles. The van der Waals surface area contributed by atoms with Crippen LogP contribution in [0.1, 0.15) is 44.1 Å². The van der Waals surface area contributed by atoms with Crippen LogP contribution < -0.4 is 5.48 Å². The van der Waals surface area contributed by atoms with Crippen LogP contribution in [0, 0.1) is 5.92 Å². The third kappa shape index (κ3) is 5.83. The molecule has 136 valence electrons. The Labute approximate surface area is 152 Å². The van der Waals surface area contributed by atoms with E-state index in [2.05, 4.69) is 0 Å². The van der Waals surface area contributed by atoms with Gasteiger partial charge in [-0.2, -0.15) is 0 Å². The molecule has 1 aliphatic heterocycles. The molecule has 0 spiro atoms. The maximum absolute atomic E-state index is 12.4. The second-order valence-corrected chi connectivity index (χ2v) is 6.75. The second kappa shape index (κ2) is 9.53. The predicted octanol–water partition coefficient (Wildman–Crippen LogP) is 2.71. The largest absolute Gasteiger partial charge is 0.289 e. The lowest BCUT2D eigenvalue weighted by Crippen LogP contribution is -2.32. The van der Waals surface area contributed by atoms with Gasteiger partial charge in [-0.05, 0) is 37.0 Å². The first-order valence-corrected chi connectivity index (χ1v) is 8.90. The standard InChI is InChI=1S/C18H23ClN2O4/c19-15-8-6-13(7-9-15)11-14-12-17(23)21(18(14)24)10-4-2-1-3-5-16(22)20-25/h6-9,14,25H,1-5,10-12H2,(H,20,22). The van der Waals surface area contributed by atoms with Gasteiger partial charge < -0.3 is 0 Å². The number of rotatable bonds is 9. The van der Waals surface area contributed by atoms with Crippen LogP contribution in [-0.4, -0.2) is 34.4 Å². The summed E-state index contributed by atoms with van der Waals surface area (Å²) in [4.78, 5) is 36.8. The van der Waals surface area contributed by atoms with Gasteiger partial charge in [-0.3, -0.25) is 24.5 Å². The van der Waals surface area contributed by atoms with Gasteiger partial charge >= 0.3 is 0 Å². The van der Waals surface area contributed by atoms with E-state index in [1.165, 1.54) is 4.90 Å². The first kappa shape index (κ1) is 19.4. The van der Waals surface area contributed by atoms with Crippen LogP contribution in [0.4, 0.5) is 0 Å². The van der Waals surface area contributed by atoms with Crippen molar-refractivity contribution in [2.75, 3.05) is 6.54 Å². The van der Waals surface area contributed by atoms with E-state index >= 15 is 0 Å². The lowest BCUT2D eigenvalue weighted by Gasteiger charge is -2.15. The zero-order chi connectivity index (χ0) is 18.2. The average Bonchev–Trinajstić information content (AvgIpc) is 2.86. The molecule has 0 bridgehead atoms. The van der Waals surface area contributed by atoms with Crippen molar-refractivity contribution in [2.24, 2.45) is 5.92 Å². The molecule has 0 radical (unpaired) electrons. The molecule has 1 saturated heterocycles. The van der Waals surface area contributed by atoms with Crippen LogP contribution in [0.25, 0.3) is 0 Å². The first-order valence-electron chi connectivity index (χ1n) is 8.53. The number of carbonyl (C=O) groups is 3. The van der Waals surface area contributed by atoms with E-state index in [1.807, 2.05) is 12.1 Å². The third-order valence-electron chi connectivity index (χ3n) is 4.39. The quantitative estimate of drug-likeness (QED) is 0.304. The number of likely N-dealkylation sites (tertiary alicyclic amines) is 1. The van der Waals surface area contributed by atoms with Crippen LogP contribution in [0.2, 0.25) is 5.02 Å². The molecule has 1 heterocycles. The molecule has 1 unspecified atom stereocenters. The third-order valence-corrected chi connectivity index (χ3v) is 4.64. The van der Waals surface area contributed by atoms with Crippen LogP contribution in [-0.2, 0) is 20.8 Å². The van der Waals surface area contributed by atoms with E-state index in [0.717, 1.165) is 24.8 Å². The number of benzene rings is 1. The Morgan fingerprint density at radius 2 is 1.84 bits per heavy atom. The summed E-state index contributed by atoms with van der Waals surface area (Å²) in [6.45, 7) is 0.432. The number of amides is 3. The van der Waals surface area contributed by atoms with Crippen molar-refractivity contribution in [3.8, 4) is 0 Å². The van der Waals surface area contributed by atoms with E-state index in [0.29, 0.717) is 24.4 Å². The Balaban J connectivity index is 1.73. The van der Waals surface area contributed by atoms with Gasteiger partial charge in [0.2, 0.25) is 17.7 Å². The molecular formula is C18H23ClN2O4. The lowest BCUT2D eigenvalue weighted by atomic mass is 9.98. The molecule has 2 N–H and O–H groups in total. The van der Waals surface area contributed by atoms with Gasteiger partial charge in [-0.25, -0.2) is 5.48 Å². The van der Waals surface area contributed by atoms with Crippen molar-refractivity contribution in [3.05, 3.63) is 34.9 Å². The zero-order valence-electron chi connectivity index (χ0n) is 14.0. The van der Waals surface area contributed by atoms with Crippen molar-refractivity contribution in [2.45, 2.75) is 44.9 Å². The van der Waals surface area contributed by atoms with Gasteiger partial charge in [-0.1, -0.05) is 36.6 Å². The van der Waals surface area contributed by atoms with Crippen molar-refractivity contribution >= 4 is 29.3 Å². The number of hydrogen-bond donors (Lipinski definition) is 2. The summed E-state index contributed by atoms with van der Waals surface area (Å²) in [6.07, 6.45) is 4.14. The van der Waals surface area contributed by atoms with Gasteiger partial charge in [0, 0.05) is 24.4 Å². The molecule has 6 nitrogen and oxygen atoms in total. The van der Waals surface area contributed by atoms with E-state index in [4.69, 9.17) is 16.8 Å². The van der Waals surface area contributed by atoms with Gasteiger partial charge in [0.05, 0.1) is 5.92 Å². The predicted molar refractivity (Wildman–Crippen MR) is 93.0 cm³/mol. The lowest BCUT2D eigenvalue weighted by molar-refractivity contribution is -0.139. The van der Waals surface area contributed by atoms with Crippen molar-refractivity contribution in [1.29, 1.82) is 0 Å². The van der Waals surface area contributed by atoms with Gasteiger partial charge in [-0.15, -0.1) is 0 Å². The summed E-state index contributed by atoms with van der Waals surface area (Å²) in [6, 6.07) is 7.33. The molecule has 2 rings (SSSR count). The second-order valence-electron chi connectivity index (χ2n) is 6.31. The van der Waals surface area contributed by atoms with Crippen molar-refractivity contribution < 1.29 is 19.6 Å². The van der Waals surface area contributed by atoms with Crippen LogP contribution >= 0.6 is 11.6 Å². The normalized spacial score (nSPS) is 17.2. The van der Waals surface area contributed by atoms with E-state index in [1.54, 1.807) is 17.6 Å². The van der Waals surface area contributed by atoms with Gasteiger partial charge in [0.25, 0.3) is 0 Å². The van der Waals surface area contributed by atoms with Crippen LogP contribution in [0.5, 0.6) is 0 Å². The highest BCUT2D eigenvalue weighted by molar-refractivity contribution is 6.30. The highest BCUT2D eigenvalue weighted by Crippen LogP contribution is 2.24. The number of hydrogen-bond acceptors (Lipinski definition) is 4. The summed E-state index contributed by atoms with van der Waals surface area (Å²) in [5.41, 5.74) is 2.60. The molecule has 1 atom stereocenters. The number of carbonyl (C=O) groups excluding carboxylic acids is 3. The number of hydroxylamine groups is 1. The molecule has 0 aromatic heterocycles. The number of nitrogens with one attached hydrogen (secondary N) is 1. The van der Waals surface area contributed by atoms with E-state index in [-0.39, 0.29) is 30.6 Å². The SMILES string of the molecule is O=C(CCCCCCN1C(=O)CC(Cc2ccc(Cl)cc2)C1=O)NO. The van der Waals surface area contributed by atoms with Crippen molar-refractivity contribution in [3.63, 3.8) is 0 Å². The van der Waals surface area contributed by atoms with Crippen LogP contribution in [0.15, 0.2) is 24.3 Å². The summed E-state index contributed by atoms with van der Waals surface area (Å²) in [7, 11) is 0. The topological polar surface area (TPSA) is 86.7 Å². The minimum atomic E-state index is -0.394. The number of nitrogens with zero attached hydrogens (tertiary/aromatic N) is 1. The Bertz CT molecular complexity index is 618. The molecule has 0 saturated carbocycles. The van der Waals surface area contributed by atoms with Crippen molar-refractivity contribution in [1.82, 2.24) is 10.4 Å².